The highest BCUT2D eigenvalue weighted by atomic mass is 16.5. The number of hydrogen-bond donors (Lipinski definition) is 1. The van der Waals surface area contributed by atoms with Crippen LogP contribution in [-0.2, 0) is 14.9 Å². The first-order chi connectivity index (χ1) is 8.31. The molecule has 0 atom stereocenters. The van der Waals surface area contributed by atoms with Crippen LogP contribution in [0, 0.1) is 0 Å². The quantitative estimate of drug-likeness (QED) is 0.839. The molecule has 0 saturated heterocycles. The number of aromatic nitrogens is 1. The van der Waals surface area contributed by atoms with Crippen LogP contribution in [0.2, 0.25) is 0 Å². The number of esters is 2. The molecular weight excluding hydrogens is 234 g/mol. The summed E-state index contributed by atoms with van der Waals surface area (Å²) in [5, 5.41) is 0. The van der Waals surface area contributed by atoms with Crippen molar-refractivity contribution in [1.82, 2.24) is 4.98 Å². The zero-order chi connectivity index (χ0) is 13.9. The Bertz CT molecular complexity index is 454. The highest BCUT2D eigenvalue weighted by Gasteiger charge is 2.27. The van der Waals surface area contributed by atoms with Gasteiger partial charge in [0, 0.05) is 11.1 Å². The summed E-state index contributed by atoms with van der Waals surface area (Å²) in [5.41, 5.74) is 1.01. The van der Waals surface area contributed by atoms with Crippen LogP contribution in [0.4, 0.5) is 0 Å². The minimum atomic E-state index is -0.504. The van der Waals surface area contributed by atoms with Crippen molar-refractivity contribution in [3.05, 3.63) is 23.0 Å². The molecule has 0 amide bonds. The molecule has 0 aliphatic rings. The second kappa shape index (κ2) is 5.25. The summed E-state index contributed by atoms with van der Waals surface area (Å²) in [6, 6.07) is 1.48. The lowest BCUT2D eigenvalue weighted by Crippen LogP contribution is -2.17. The van der Waals surface area contributed by atoms with Gasteiger partial charge < -0.3 is 14.5 Å². The van der Waals surface area contributed by atoms with Crippen molar-refractivity contribution in [3.8, 4) is 0 Å². The molecule has 18 heavy (non-hydrogen) atoms. The highest BCUT2D eigenvalue weighted by molar-refractivity contribution is 5.96. The van der Waals surface area contributed by atoms with Gasteiger partial charge in [-0.3, -0.25) is 0 Å². The fourth-order valence-corrected chi connectivity index (χ4v) is 1.64. The molecule has 0 bridgehead atoms. The first-order valence-electron chi connectivity index (χ1n) is 5.80. The third-order valence-electron chi connectivity index (χ3n) is 2.47. The molecule has 0 spiro atoms. The largest absolute Gasteiger partial charge is 0.464 e. The Balaban J connectivity index is 3.26. The van der Waals surface area contributed by atoms with Crippen molar-refractivity contribution in [3.63, 3.8) is 0 Å². The van der Waals surface area contributed by atoms with E-state index in [1.165, 1.54) is 13.2 Å². The van der Waals surface area contributed by atoms with Crippen molar-refractivity contribution in [2.45, 2.75) is 33.1 Å². The number of rotatable bonds is 3. The molecule has 100 valence electrons. The van der Waals surface area contributed by atoms with Gasteiger partial charge >= 0.3 is 11.9 Å². The summed E-state index contributed by atoms with van der Waals surface area (Å²) in [6.45, 7) is 7.87. The number of methoxy groups -OCH3 is 1. The number of H-pyrrole nitrogens is 1. The third kappa shape index (κ3) is 2.91. The van der Waals surface area contributed by atoms with E-state index in [-0.39, 0.29) is 11.1 Å². The summed E-state index contributed by atoms with van der Waals surface area (Å²) in [7, 11) is 1.30. The van der Waals surface area contributed by atoms with Crippen LogP contribution in [0.25, 0.3) is 0 Å². The van der Waals surface area contributed by atoms with E-state index in [1.807, 2.05) is 20.8 Å². The molecule has 0 radical (unpaired) electrons. The van der Waals surface area contributed by atoms with Crippen LogP contribution in [0.5, 0.6) is 0 Å². The third-order valence-corrected chi connectivity index (χ3v) is 2.47. The van der Waals surface area contributed by atoms with E-state index in [4.69, 9.17) is 4.74 Å². The molecule has 0 saturated carbocycles. The molecule has 0 aliphatic heterocycles. The fraction of sp³-hybridized carbons (Fsp3) is 0.538. The monoisotopic (exact) mass is 253 g/mol. The van der Waals surface area contributed by atoms with E-state index in [2.05, 4.69) is 9.72 Å². The van der Waals surface area contributed by atoms with Crippen LogP contribution < -0.4 is 0 Å². The number of hydrogen-bond acceptors (Lipinski definition) is 4. The number of carbonyl (C=O) groups is 2. The van der Waals surface area contributed by atoms with Crippen LogP contribution in [0.3, 0.4) is 0 Å². The van der Waals surface area contributed by atoms with Gasteiger partial charge in [0.1, 0.15) is 5.69 Å². The lowest BCUT2D eigenvalue weighted by Gasteiger charge is -2.18. The van der Waals surface area contributed by atoms with E-state index in [0.717, 1.165) is 0 Å². The molecule has 1 heterocycles. The Morgan fingerprint density at radius 2 is 1.89 bits per heavy atom. The summed E-state index contributed by atoms with van der Waals surface area (Å²) >= 11 is 0. The molecule has 1 aromatic heterocycles. The van der Waals surface area contributed by atoms with Gasteiger partial charge in [-0.1, -0.05) is 20.8 Å². The Morgan fingerprint density at radius 1 is 1.28 bits per heavy atom. The standard InChI is InChI=1S/C13H19NO4/c1-6-18-11(15)8-7-9(12(16)17-5)14-10(8)13(2,3)4/h7,14H,6H2,1-5H3. The normalized spacial score (nSPS) is 11.2. The van der Waals surface area contributed by atoms with Gasteiger partial charge in [-0.2, -0.15) is 0 Å². The first kappa shape index (κ1) is 14.3. The molecule has 1 N–H and O–H groups in total. The van der Waals surface area contributed by atoms with E-state index in [9.17, 15) is 9.59 Å². The number of aromatic amines is 1. The molecule has 0 aromatic carbocycles. The van der Waals surface area contributed by atoms with E-state index < -0.39 is 11.9 Å². The molecule has 5 nitrogen and oxygen atoms in total. The SMILES string of the molecule is CCOC(=O)c1cc(C(=O)OC)[nH]c1C(C)(C)C. The first-order valence-corrected chi connectivity index (χ1v) is 5.80. The second-order valence-corrected chi connectivity index (χ2v) is 4.93. The second-order valence-electron chi connectivity index (χ2n) is 4.93. The Labute approximate surface area is 106 Å². The Morgan fingerprint density at radius 3 is 2.33 bits per heavy atom. The maximum Gasteiger partial charge on any atom is 0.354 e. The van der Waals surface area contributed by atoms with Gasteiger partial charge in [0.25, 0.3) is 0 Å². The van der Waals surface area contributed by atoms with Crippen LogP contribution >= 0.6 is 0 Å². The van der Waals surface area contributed by atoms with E-state index >= 15 is 0 Å². The summed E-state index contributed by atoms with van der Waals surface area (Å²) in [6.07, 6.45) is 0. The molecule has 0 fully saturated rings. The van der Waals surface area contributed by atoms with Crippen molar-refractivity contribution < 1.29 is 19.1 Å². The van der Waals surface area contributed by atoms with Crippen molar-refractivity contribution >= 4 is 11.9 Å². The van der Waals surface area contributed by atoms with Crippen molar-refractivity contribution in [2.24, 2.45) is 0 Å². The molecule has 5 heteroatoms. The minimum absolute atomic E-state index is 0.255. The summed E-state index contributed by atoms with van der Waals surface area (Å²) in [5.74, 6) is -0.940. The van der Waals surface area contributed by atoms with Crippen molar-refractivity contribution in [2.75, 3.05) is 13.7 Å². The lowest BCUT2D eigenvalue weighted by molar-refractivity contribution is 0.0523. The van der Waals surface area contributed by atoms with Gasteiger partial charge in [-0.25, -0.2) is 9.59 Å². The zero-order valence-corrected chi connectivity index (χ0v) is 11.4. The number of carbonyl (C=O) groups excluding carboxylic acids is 2. The van der Waals surface area contributed by atoms with Crippen LogP contribution in [0.1, 0.15) is 54.2 Å². The average molecular weight is 253 g/mol. The van der Waals surface area contributed by atoms with Gasteiger partial charge in [-0.05, 0) is 13.0 Å². The highest BCUT2D eigenvalue weighted by Crippen LogP contribution is 2.26. The Kier molecular flexibility index (Phi) is 4.16. The smallest absolute Gasteiger partial charge is 0.354 e. The summed E-state index contributed by atoms with van der Waals surface area (Å²) in [4.78, 5) is 26.3. The zero-order valence-electron chi connectivity index (χ0n) is 11.4. The molecule has 0 unspecified atom stereocenters. The molecule has 1 aromatic rings. The van der Waals surface area contributed by atoms with Gasteiger partial charge in [0.05, 0.1) is 19.3 Å². The summed E-state index contributed by atoms with van der Waals surface area (Å²) < 4.78 is 9.61. The average Bonchev–Trinajstić information content (AvgIpc) is 2.72. The predicted octanol–water partition coefficient (Wildman–Crippen LogP) is 2.28. The Hall–Kier alpha value is -1.78. The van der Waals surface area contributed by atoms with Crippen molar-refractivity contribution in [1.29, 1.82) is 0 Å². The number of ether oxygens (including phenoxy) is 2. The molecule has 1 rings (SSSR count). The maximum atomic E-state index is 11.8. The lowest BCUT2D eigenvalue weighted by atomic mass is 9.89. The van der Waals surface area contributed by atoms with E-state index in [1.54, 1.807) is 6.92 Å². The maximum absolute atomic E-state index is 11.8. The van der Waals surface area contributed by atoms with E-state index in [0.29, 0.717) is 17.9 Å². The topological polar surface area (TPSA) is 68.4 Å². The fourth-order valence-electron chi connectivity index (χ4n) is 1.64. The van der Waals surface area contributed by atoms with Crippen LogP contribution in [-0.4, -0.2) is 30.6 Å². The van der Waals surface area contributed by atoms with Gasteiger partial charge in [0.15, 0.2) is 0 Å². The molecule has 0 aliphatic carbocycles. The van der Waals surface area contributed by atoms with Crippen LogP contribution in [0.15, 0.2) is 6.07 Å². The van der Waals surface area contributed by atoms with Gasteiger partial charge in [0.2, 0.25) is 0 Å². The predicted molar refractivity (Wildman–Crippen MR) is 66.8 cm³/mol. The number of nitrogens with one attached hydrogen (secondary N) is 1. The van der Waals surface area contributed by atoms with Gasteiger partial charge in [-0.15, -0.1) is 0 Å². The molecular formula is C13H19NO4. The minimum Gasteiger partial charge on any atom is -0.464 e.